The number of rotatable bonds is 39. The predicted octanol–water partition coefficient (Wildman–Crippen LogP) is 11.7. The molecule has 0 aliphatic rings. The number of ether oxygens (including phenoxy) is 2. The fraction of sp³-hybridized carbons (Fsp3) is 0.646. The number of aliphatic hydroxyl groups is 1. The van der Waals surface area contributed by atoms with Crippen molar-refractivity contribution in [3.63, 3.8) is 0 Å². The van der Waals surface area contributed by atoms with Crippen LogP contribution in [0.4, 0.5) is 0 Å². The highest BCUT2D eigenvalue weighted by Crippen LogP contribution is 2.38. The maximum Gasteiger partial charge on any atom is 0.306 e. The fourth-order valence-electron chi connectivity index (χ4n) is 5.32. The van der Waals surface area contributed by atoms with Crippen molar-refractivity contribution in [1.82, 2.24) is 0 Å². The number of hydrogen-bond acceptors (Lipinski definition) is 8. The highest BCUT2D eigenvalue weighted by molar-refractivity contribution is 7.45. The number of esters is 1. The van der Waals surface area contributed by atoms with Crippen LogP contribution in [0.2, 0.25) is 0 Å². The van der Waals surface area contributed by atoms with Crippen molar-refractivity contribution in [1.29, 1.82) is 0 Å². The second-order valence-electron chi connectivity index (χ2n) is 15.6. The summed E-state index contributed by atoms with van der Waals surface area (Å²) in [6.07, 6.45) is 51.4. The van der Waals surface area contributed by atoms with Crippen LogP contribution in [0, 0.1) is 0 Å². The molecule has 0 aliphatic carbocycles. The Morgan fingerprint density at radius 1 is 0.672 bits per heavy atom. The van der Waals surface area contributed by atoms with Gasteiger partial charge >= 0.3 is 5.97 Å². The Hall–Kier alpha value is -2.78. The van der Waals surface area contributed by atoms with Gasteiger partial charge in [0.2, 0.25) is 0 Å². The van der Waals surface area contributed by atoms with Crippen molar-refractivity contribution in [2.75, 3.05) is 47.5 Å². The van der Waals surface area contributed by atoms with E-state index in [-0.39, 0.29) is 26.2 Å². The van der Waals surface area contributed by atoms with E-state index >= 15 is 0 Å². The standard InChI is InChI=1S/C48H82NO8P/c1-6-8-10-11-12-13-14-15-16-17-21-24-27-30-33-37-42-54-44-47(45-56-58(52,53)55-43-41-49(3,4)5)57-48(51)40-36-32-29-26-23-20-18-19-22-25-28-31-35-39-46(50)38-34-9-7-2/h9,13-14,19-20,22-23,28-29,31-32,34-35,37,39,42,46-47,50H,6-8,10-12,15-18,21,24-27,30,33,36,38,40-41,43-45H2,1-5H3/b14-13-,22-19-,23-20-,31-28+,32-29-,34-9-,39-35+,42-37+/t46?,47-/m1/s1. The van der Waals surface area contributed by atoms with Gasteiger partial charge in [0.1, 0.15) is 19.8 Å². The van der Waals surface area contributed by atoms with E-state index in [0.29, 0.717) is 23.9 Å². The van der Waals surface area contributed by atoms with Crippen molar-refractivity contribution in [3.8, 4) is 0 Å². The van der Waals surface area contributed by atoms with Crippen LogP contribution in [0.15, 0.2) is 97.4 Å². The van der Waals surface area contributed by atoms with E-state index in [4.69, 9.17) is 18.5 Å². The van der Waals surface area contributed by atoms with Crippen molar-refractivity contribution in [3.05, 3.63) is 97.4 Å². The largest absolute Gasteiger partial charge is 0.756 e. The lowest BCUT2D eigenvalue weighted by Gasteiger charge is -2.28. The second-order valence-corrected chi connectivity index (χ2v) is 17.0. The average molecular weight is 832 g/mol. The zero-order valence-corrected chi connectivity index (χ0v) is 38.0. The van der Waals surface area contributed by atoms with Crippen LogP contribution < -0.4 is 4.89 Å². The number of nitrogens with zero attached hydrogens (tertiary/aromatic N) is 1. The second kappa shape index (κ2) is 39.7. The minimum Gasteiger partial charge on any atom is -0.756 e. The summed E-state index contributed by atoms with van der Waals surface area (Å²) >= 11 is 0. The van der Waals surface area contributed by atoms with Crippen LogP contribution >= 0.6 is 7.82 Å². The third-order valence-electron chi connectivity index (χ3n) is 8.78. The third kappa shape index (κ3) is 42.8. The first kappa shape index (κ1) is 55.2. The summed E-state index contributed by atoms with van der Waals surface area (Å²) in [6, 6.07) is 0. The van der Waals surface area contributed by atoms with Crippen LogP contribution in [0.1, 0.15) is 142 Å². The molecule has 58 heavy (non-hydrogen) atoms. The van der Waals surface area contributed by atoms with Gasteiger partial charge in [-0.1, -0.05) is 144 Å². The first-order valence-corrected chi connectivity index (χ1v) is 23.6. The SMILES string of the molecule is CC/C=C\CC(O)/C=C/C=C/C/C=C\C/C=C\C/C=C\CCC(=O)O[C@H](CO/C=C/CCCCCCCC/C=C\CCCCCC)COP(=O)([O-])OCC[N+](C)(C)C. The Labute approximate surface area is 354 Å². The molecule has 0 saturated carbocycles. The van der Waals surface area contributed by atoms with E-state index in [2.05, 4.69) is 56.4 Å². The number of carbonyl (C=O) groups excluding carboxylic acids is 1. The third-order valence-corrected chi connectivity index (χ3v) is 9.74. The number of phosphoric acid groups is 1. The number of hydrogen-bond donors (Lipinski definition) is 1. The highest BCUT2D eigenvalue weighted by atomic mass is 31.2. The molecule has 10 heteroatoms. The summed E-state index contributed by atoms with van der Waals surface area (Å²) in [5.41, 5.74) is 0. The summed E-state index contributed by atoms with van der Waals surface area (Å²) in [5.74, 6) is -0.457. The zero-order chi connectivity index (χ0) is 42.8. The van der Waals surface area contributed by atoms with Crippen molar-refractivity contribution in [2.45, 2.75) is 154 Å². The molecule has 9 nitrogen and oxygen atoms in total. The first-order valence-electron chi connectivity index (χ1n) is 22.1. The lowest BCUT2D eigenvalue weighted by atomic mass is 10.1. The Morgan fingerprint density at radius 2 is 1.24 bits per heavy atom. The highest BCUT2D eigenvalue weighted by Gasteiger charge is 2.20. The number of likely N-dealkylation sites (N-methyl/N-ethyl adjacent to an activating group) is 1. The van der Waals surface area contributed by atoms with Crippen molar-refractivity contribution >= 4 is 13.8 Å². The van der Waals surface area contributed by atoms with Crippen LogP contribution in [0.25, 0.3) is 0 Å². The molecular formula is C48H82NO8P. The lowest BCUT2D eigenvalue weighted by Crippen LogP contribution is -2.37. The molecule has 0 heterocycles. The van der Waals surface area contributed by atoms with Crippen LogP contribution in [-0.2, 0) is 27.9 Å². The van der Waals surface area contributed by atoms with Gasteiger partial charge in [0.15, 0.2) is 6.10 Å². The van der Waals surface area contributed by atoms with Crippen LogP contribution in [0.5, 0.6) is 0 Å². The van der Waals surface area contributed by atoms with Gasteiger partial charge in [-0.2, -0.15) is 0 Å². The summed E-state index contributed by atoms with van der Waals surface area (Å²) in [5, 5.41) is 9.85. The van der Waals surface area contributed by atoms with Gasteiger partial charge in [0, 0.05) is 6.42 Å². The molecule has 0 amide bonds. The molecule has 2 unspecified atom stereocenters. The fourth-order valence-corrected chi connectivity index (χ4v) is 6.05. The Balaban J connectivity index is 4.49. The van der Waals surface area contributed by atoms with Gasteiger partial charge in [-0.25, -0.2) is 0 Å². The molecule has 0 aromatic rings. The van der Waals surface area contributed by atoms with E-state index in [1.54, 1.807) is 12.3 Å². The molecule has 0 rings (SSSR count). The molecule has 0 fully saturated rings. The summed E-state index contributed by atoms with van der Waals surface area (Å²) in [6.45, 7) is 4.38. The molecule has 0 radical (unpaired) electrons. The molecule has 0 spiro atoms. The molecule has 0 aromatic carbocycles. The lowest BCUT2D eigenvalue weighted by molar-refractivity contribution is -0.870. The Morgan fingerprint density at radius 3 is 1.86 bits per heavy atom. The number of aliphatic hydroxyl groups excluding tert-OH is 1. The smallest absolute Gasteiger partial charge is 0.306 e. The molecule has 0 bridgehead atoms. The zero-order valence-electron chi connectivity index (χ0n) is 37.1. The van der Waals surface area contributed by atoms with Crippen molar-refractivity contribution < 1.29 is 42.4 Å². The summed E-state index contributed by atoms with van der Waals surface area (Å²) in [7, 11) is 1.23. The molecule has 0 aromatic heterocycles. The van der Waals surface area contributed by atoms with E-state index in [1.807, 2.05) is 63.7 Å². The normalized spacial score (nSPS) is 15.2. The molecule has 1 N–H and O–H groups in total. The maximum absolute atomic E-state index is 12.6. The quantitative estimate of drug-likeness (QED) is 0.0124. The molecule has 332 valence electrons. The van der Waals surface area contributed by atoms with Crippen LogP contribution in [0.3, 0.4) is 0 Å². The average Bonchev–Trinajstić information content (AvgIpc) is 3.17. The van der Waals surface area contributed by atoms with Gasteiger partial charge in [-0.15, -0.1) is 0 Å². The summed E-state index contributed by atoms with van der Waals surface area (Å²) in [4.78, 5) is 25.0. The van der Waals surface area contributed by atoms with Crippen molar-refractivity contribution in [2.24, 2.45) is 0 Å². The molecule has 0 saturated heterocycles. The van der Waals surface area contributed by atoms with E-state index in [1.165, 1.54) is 70.6 Å². The molecule has 0 aliphatic heterocycles. The van der Waals surface area contributed by atoms with Gasteiger partial charge in [0.05, 0.1) is 40.1 Å². The van der Waals surface area contributed by atoms with Gasteiger partial charge in [-0.3, -0.25) is 9.36 Å². The minimum absolute atomic E-state index is 0.0105. The van der Waals surface area contributed by atoms with Gasteiger partial charge in [0.25, 0.3) is 7.82 Å². The molecule has 3 atom stereocenters. The number of quaternary nitrogens is 1. The number of carbonyl (C=O) groups is 1. The monoisotopic (exact) mass is 832 g/mol. The Kier molecular flexibility index (Phi) is 37.8. The summed E-state index contributed by atoms with van der Waals surface area (Å²) < 4.78 is 34.2. The van der Waals surface area contributed by atoms with Gasteiger partial charge < -0.3 is 33.0 Å². The van der Waals surface area contributed by atoms with E-state index in [9.17, 15) is 19.4 Å². The maximum atomic E-state index is 12.6. The first-order chi connectivity index (χ1) is 28.0. The number of allylic oxidation sites excluding steroid dienone is 13. The predicted molar refractivity (Wildman–Crippen MR) is 241 cm³/mol. The van der Waals surface area contributed by atoms with E-state index in [0.717, 1.165) is 38.5 Å². The topological polar surface area (TPSA) is 114 Å². The molecular weight excluding hydrogens is 750 g/mol. The van der Waals surface area contributed by atoms with E-state index < -0.39 is 26.0 Å². The Bertz CT molecular complexity index is 1260. The van der Waals surface area contributed by atoms with Crippen LogP contribution in [-0.4, -0.2) is 75.3 Å². The number of unbranched alkanes of at least 4 members (excludes halogenated alkanes) is 11. The minimum atomic E-state index is -4.58. The number of phosphoric ester groups is 1. The van der Waals surface area contributed by atoms with Gasteiger partial charge in [-0.05, 0) is 83.1 Å².